The first kappa shape index (κ1) is 26.6. The fourth-order valence-electron chi connectivity index (χ4n) is 3.09. The van der Waals surface area contributed by atoms with Crippen molar-refractivity contribution in [2.75, 3.05) is 19.8 Å². The quantitative estimate of drug-likeness (QED) is 0.113. The Morgan fingerprint density at radius 2 is 1.62 bits per heavy atom. The van der Waals surface area contributed by atoms with Gasteiger partial charge in [0.05, 0.1) is 24.4 Å². The highest BCUT2D eigenvalue weighted by Gasteiger charge is 2.17. The highest BCUT2D eigenvalue weighted by molar-refractivity contribution is 6.11. The van der Waals surface area contributed by atoms with E-state index in [4.69, 9.17) is 9.47 Å². The van der Waals surface area contributed by atoms with Crippen molar-refractivity contribution >= 4 is 29.2 Å². The van der Waals surface area contributed by atoms with E-state index in [0.29, 0.717) is 17.7 Å². The molecule has 10 heteroatoms. The molecule has 0 heterocycles. The normalized spacial score (nSPS) is 10.6. The summed E-state index contributed by atoms with van der Waals surface area (Å²) in [4.78, 5) is 35.2. The van der Waals surface area contributed by atoms with Crippen molar-refractivity contribution < 1.29 is 34.1 Å². The molecule has 0 saturated heterocycles. The van der Waals surface area contributed by atoms with Crippen LogP contribution >= 0.6 is 0 Å². The first-order chi connectivity index (χ1) is 17.9. The van der Waals surface area contributed by atoms with Crippen LogP contribution in [0.2, 0.25) is 0 Å². The number of amides is 1. The van der Waals surface area contributed by atoms with E-state index in [-0.39, 0.29) is 42.5 Å². The van der Waals surface area contributed by atoms with Crippen LogP contribution in [0.15, 0.2) is 89.6 Å². The van der Waals surface area contributed by atoms with Gasteiger partial charge in [-0.25, -0.2) is 9.59 Å². The smallest absolute Gasteiger partial charge is 0.407 e. The molecule has 3 rings (SSSR count). The molecule has 0 fully saturated rings. The van der Waals surface area contributed by atoms with Crippen molar-refractivity contribution in [3.63, 3.8) is 0 Å². The van der Waals surface area contributed by atoms with Crippen molar-refractivity contribution in [2.24, 2.45) is 10.2 Å². The first-order valence-corrected chi connectivity index (χ1v) is 11.2. The fraction of sp³-hybridized carbons (Fsp3) is 0.148. The average molecular weight is 504 g/mol. The standard InChI is InChI=1S/C27H25N3O7/c1-2-25(33)36-15-13-28-27(35)37-14-12-18-8-10-20(11-9-18)29-30-22-16-21(23(31)17-24(22)32)26(34)19-6-4-3-5-7-19/h2-11,16-17,31-32H,1,12-15H2,(H,28,35)/b30-29+. The SMILES string of the molecule is C=CC(=O)OCCNC(=O)OCCc1ccc(/N=N/c2cc(C(=O)c3ccccc3)c(O)cc2O)cc1. The van der Waals surface area contributed by atoms with Gasteiger partial charge in [-0.15, -0.1) is 5.11 Å². The number of nitrogens with zero attached hydrogens (tertiary/aromatic N) is 2. The summed E-state index contributed by atoms with van der Waals surface area (Å²) in [7, 11) is 0. The number of ketones is 1. The molecule has 190 valence electrons. The van der Waals surface area contributed by atoms with E-state index >= 15 is 0 Å². The summed E-state index contributed by atoms with van der Waals surface area (Å²) in [5, 5.41) is 30.8. The minimum atomic E-state index is -0.626. The predicted molar refractivity (Wildman–Crippen MR) is 134 cm³/mol. The van der Waals surface area contributed by atoms with E-state index in [0.717, 1.165) is 17.7 Å². The predicted octanol–water partition coefficient (Wildman–Crippen LogP) is 4.74. The third kappa shape index (κ3) is 8.03. The summed E-state index contributed by atoms with van der Waals surface area (Å²) >= 11 is 0. The maximum absolute atomic E-state index is 12.7. The topological polar surface area (TPSA) is 147 Å². The number of carbonyl (C=O) groups excluding carboxylic acids is 3. The Morgan fingerprint density at radius 3 is 2.32 bits per heavy atom. The van der Waals surface area contributed by atoms with Crippen LogP contribution in [0.1, 0.15) is 21.5 Å². The van der Waals surface area contributed by atoms with Gasteiger partial charge < -0.3 is 25.0 Å². The van der Waals surface area contributed by atoms with Gasteiger partial charge in [-0.3, -0.25) is 4.79 Å². The molecule has 0 saturated carbocycles. The van der Waals surface area contributed by atoms with E-state index in [1.807, 2.05) is 0 Å². The van der Waals surface area contributed by atoms with Crippen LogP contribution in [0.5, 0.6) is 11.5 Å². The van der Waals surface area contributed by atoms with Crippen LogP contribution in [-0.2, 0) is 20.7 Å². The molecular formula is C27H25N3O7. The van der Waals surface area contributed by atoms with E-state index in [1.54, 1.807) is 54.6 Å². The Bertz CT molecular complexity index is 1290. The van der Waals surface area contributed by atoms with Gasteiger partial charge in [0.15, 0.2) is 5.78 Å². The largest absolute Gasteiger partial charge is 0.507 e. The van der Waals surface area contributed by atoms with Crippen LogP contribution in [0.4, 0.5) is 16.2 Å². The summed E-state index contributed by atoms with van der Waals surface area (Å²) < 4.78 is 9.81. The maximum Gasteiger partial charge on any atom is 0.407 e. The number of hydrogen-bond donors (Lipinski definition) is 3. The second kappa shape index (κ2) is 13.2. The average Bonchev–Trinajstić information content (AvgIpc) is 2.91. The molecule has 0 aromatic heterocycles. The number of benzene rings is 3. The van der Waals surface area contributed by atoms with Gasteiger partial charge in [-0.2, -0.15) is 5.11 Å². The zero-order valence-electron chi connectivity index (χ0n) is 19.8. The van der Waals surface area contributed by atoms with E-state index in [9.17, 15) is 24.6 Å². The van der Waals surface area contributed by atoms with Gasteiger partial charge in [0.25, 0.3) is 0 Å². The molecule has 37 heavy (non-hydrogen) atoms. The number of carbonyl (C=O) groups is 3. The molecule has 3 N–H and O–H groups in total. The Balaban J connectivity index is 1.53. The third-order valence-electron chi connectivity index (χ3n) is 4.99. The summed E-state index contributed by atoms with van der Waals surface area (Å²) in [5.41, 5.74) is 1.78. The fourth-order valence-corrected chi connectivity index (χ4v) is 3.09. The van der Waals surface area contributed by atoms with Crippen molar-refractivity contribution in [2.45, 2.75) is 6.42 Å². The monoisotopic (exact) mass is 503 g/mol. The van der Waals surface area contributed by atoms with E-state index in [2.05, 4.69) is 22.1 Å². The number of ether oxygens (including phenoxy) is 2. The number of azo groups is 1. The zero-order valence-corrected chi connectivity index (χ0v) is 19.8. The molecule has 1 amide bonds. The van der Waals surface area contributed by atoms with Crippen molar-refractivity contribution in [1.29, 1.82) is 0 Å². The summed E-state index contributed by atoms with van der Waals surface area (Å²) in [5.74, 6) is -1.66. The van der Waals surface area contributed by atoms with Crippen molar-refractivity contribution in [1.82, 2.24) is 5.32 Å². The number of phenols is 2. The van der Waals surface area contributed by atoms with Crippen molar-refractivity contribution in [3.05, 3.63) is 96.1 Å². The number of alkyl carbamates (subject to hydrolysis) is 1. The second-order valence-corrected chi connectivity index (χ2v) is 7.60. The number of aromatic hydroxyl groups is 2. The summed E-state index contributed by atoms with van der Waals surface area (Å²) in [6.45, 7) is 3.55. The minimum Gasteiger partial charge on any atom is -0.507 e. The Hall–Kier alpha value is -4.99. The molecule has 0 unspecified atom stereocenters. The van der Waals surface area contributed by atoms with E-state index in [1.165, 1.54) is 6.07 Å². The van der Waals surface area contributed by atoms with Gasteiger partial charge >= 0.3 is 12.1 Å². The highest BCUT2D eigenvalue weighted by Crippen LogP contribution is 2.35. The number of esters is 1. The molecule has 10 nitrogen and oxygen atoms in total. The van der Waals surface area contributed by atoms with Crippen LogP contribution in [0.25, 0.3) is 0 Å². The maximum atomic E-state index is 12.7. The zero-order chi connectivity index (χ0) is 26.6. The highest BCUT2D eigenvalue weighted by atomic mass is 16.6. The van der Waals surface area contributed by atoms with Crippen LogP contribution in [0, 0.1) is 0 Å². The van der Waals surface area contributed by atoms with Crippen LogP contribution < -0.4 is 5.32 Å². The number of rotatable bonds is 11. The molecule has 0 radical (unpaired) electrons. The summed E-state index contributed by atoms with van der Waals surface area (Å²) in [6.07, 6.45) is 0.867. The Labute approximate surface area is 212 Å². The van der Waals surface area contributed by atoms with Gasteiger partial charge in [0.2, 0.25) is 0 Å². The molecule has 3 aromatic rings. The number of phenolic OH excluding ortho intramolecular Hbond substituents is 2. The molecule has 3 aromatic carbocycles. The van der Waals surface area contributed by atoms with E-state index < -0.39 is 17.8 Å². The first-order valence-electron chi connectivity index (χ1n) is 11.2. The molecule has 0 bridgehead atoms. The molecule has 0 aliphatic rings. The molecular weight excluding hydrogens is 478 g/mol. The van der Waals surface area contributed by atoms with Gasteiger partial charge in [0.1, 0.15) is 23.8 Å². The molecule has 0 atom stereocenters. The lowest BCUT2D eigenvalue weighted by Gasteiger charge is -2.07. The lowest BCUT2D eigenvalue weighted by molar-refractivity contribution is -0.137. The van der Waals surface area contributed by atoms with Crippen molar-refractivity contribution in [3.8, 4) is 11.5 Å². The Kier molecular flexibility index (Phi) is 9.49. The van der Waals surface area contributed by atoms with Gasteiger partial charge in [0, 0.05) is 24.1 Å². The number of hydrogen-bond acceptors (Lipinski definition) is 9. The second-order valence-electron chi connectivity index (χ2n) is 7.60. The molecule has 0 spiro atoms. The lowest BCUT2D eigenvalue weighted by atomic mass is 10.0. The lowest BCUT2D eigenvalue weighted by Crippen LogP contribution is -2.29. The number of nitrogens with one attached hydrogen (secondary N) is 1. The van der Waals surface area contributed by atoms with Crippen LogP contribution in [-0.4, -0.2) is 47.8 Å². The minimum absolute atomic E-state index is 0.00452. The molecule has 0 aliphatic heterocycles. The van der Waals surface area contributed by atoms with Crippen LogP contribution in [0.3, 0.4) is 0 Å². The summed E-state index contributed by atoms with van der Waals surface area (Å²) in [6, 6.07) is 17.7. The molecule has 0 aliphatic carbocycles. The van der Waals surface area contributed by atoms with Gasteiger partial charge in [-0.05, 0) is 23.8 Å². The Morgan fingerprint density at radius 1 is 0.892 bits per heavy atom. The third-order valence-corrected chi connectivity index (χ3v) is 4.99. The van der Waals surface area contributed by atoms with Gasteiger partial charge in [-0.1, -0.05) is 49.0 Å².